The zero-order valence-electron chi connectivity index (χ0n) is 16.4. The van der Waals surface area contributed by atoms with E-state index in [1.165, 1.54) is 12.8 Å². The van der Waals surface area contributed by atoms with Crippen LogP contribution in [0.1, 0.15) is 56.6 Å². The minimum absolute atomic E-state index is 0.246. The van der Waals surface area contributed by atoms with E-state index in [-0.39, 0.29) is 6.42 Å². The van der Waals surface area contributed by atoms with Gasteiger partial charge in [0.15, 0.2) is 0 Å². The molecule has 0 aromatic heterocycles. The predicted molar refractivity (Wildman–Crippen MR) is 113 cm³/mol. The molecule has 1 aromatic rings. The molecule has 2 bridgehead atoms. The second kappa shape index (κ2) is 11.0. The number of hydrogen-bond donors (Lipinski definition) is 2. The topological polar surface area (TPSA) is 66.8 Å². The number of ether oxygens (including phenoxy) is 1. The normalized spacial score (nSPS) is 27.5. The highest BCUT2D eigenvalue weighted by Gasteiger charge is 2.47. The summed E-state index contributed by atoms with van der Waals surface area (Å²) in [6, 6.07) is 9.87. The summed E-state index contributed by atoms with van der Waals surface area (Å²) in [4.78, 5) is 10.6. The Labute approximate surface area is 172 Å². The van der Waals surface area contributed by atoms with Crippen molar-refractivity contribution in [3.63, 3.8) is 0 Å². The zero-order chi connectivity index (χ0) is 19.8. The number of aliphatic carboxylic acids is 1. The highest BCUT2D eigenvalue weighted by molar-refractivity contribution is 7.99. The first-order valence-electron chi connectivity index (χ1n) is 10.5. The van der Waals surface area contributed by atoms with E-state index in [4.69, 9.17) is 9.84 Å². The van der Waals surface area contributed by atoms with E-state index in [9.17, 15) is 9.90 Å². The van der Waals surface area contributed by atoms with Gasteiger partial charge in [0.25, 0.3) is 0 Å². The third kappa shape index (κ3) is 6.10. The maximum absolute atomic E-state index is 10.6. The fraction of sp³-hybridized carbons (Fsp3) is 0.609. The van der Waals surface area contributed by atoms with Crippen molar-refractivity contribution >= 4 is 17.7 Å². The van der Waals surface area contributed by atoms with Crippen molar-refractivity contribution in [1.29, 1.82) is 0 Å². The molecule has 2 aliphatic heterocycles. The average Bonchev–Trinajstić information content (AvgIpc) is 3.30. The molecule has 0 spiro atoms. The van der Waals surface area contributed by atoms with Crippen molar-refractivity contribution in [3.8, 4) is 0 Å². The van der Waals surface area contributed by atoms with E-state index >= 15 is 0 Å². The molecule has 154 valence electrons. The summed E-state index contributed by atoms with van der Waals surface area (Å²) in [6.45, 7) is 0. The minimum atomic E-state index is -0.718. The van der Waals surface area contributed by atoms with Crippen molar-refractivity contribution in [2.45, 2.75) is 63.3 Å². The second-order valence-electron chi connectivity index (χ2n) is 7.90. The molecule has 0 aliphatic carbocycles. The molecule has 5 atom stereocenters. The molecule has 2 saturated heterocycles. The van der Waals surface area contributed by atoms with Crippen molar-refractivity contribution in [1.82, 2.24) is 0 Å². The Morgan fingerprint density at radius 1 is 1.18 bits per heavy atom. The van der Waals surface area contributed by atoms with Gasteiger partial charge < -0.3 is 14.9 Å². The van der Waals surface area contributed by atoms with E-state index in [1.807, 2.05) is 42.1 Å². The number of carbonyl (C=O) groups is 1. The lowest BCUT2D eigenvalue weighted by atomic mass is 9.76. The average molecular weight is 405 g/mol. The molecule has 28 heavy (non-hydrogen) atoms. The summed E-state index contributed by atoms with van der Waals surface area (Å²) < 4.78 is 6.18. The quantitative estimate of drug-likeness (QED) is 0.385. The van der Waals surface area contributed by atoms with Crippen LogP contribution in [0, 0.1) is 11.8 Å². The van der Waals surface area contributed by atoms with Gasteiger partial charge >= 0.3 is 5.97 Å². The maximum atomic E-state index is 10.6. The minimum Gasteiger partial charge on any atom is -0.481 e. The van der Waals surface area contributed by atoms with Gasteiger partial charge in [0, 0.05) is 12.2 Å². The first-order chi connectivity index (χ1) is 13.6. The molecule has 0 radical (unpaired) electrons. The van der Waals surface area contributed by atoms with Crippen LogP contribution >= 0.6 is 11.8 Å². The van der Waals surface area contributed by atoms with Crippen LogP contribution in [0.25, 0.3) is 0 Å². The fourth-order valence-corrected chi connectivity index (χ4v) is 5.55. The summed E-state index contributed by atoms with van der Waals surface area (Å²) in [5.41, 5.74) is 0.990. The zero-order valence-corrected chi connectivity index (χ0v) is 17.2. The number of rotatable bonds is 12. The molecule has 1 unspecified atom stereocenters. The van der Waals surface area contributed by atoms with Crippen molar-refractivity contribution in [2.75, 3.05) is 11.5 Å². The second-order valence-corrected chi connectivity index (χ2v) is 9.05. The monoisotopic (exact) mass is 404 g/mol. The van der Waals surface area contributed by atoms with E-state index in [2.05, 4.69) is 12.2 Å². The largest absolute Gasteiger partial charge is 0.481 e. The SMILES string of the molecule is O=C(O)CCCC=CC[C@@H]1[C@@H](CCSCC(O)c2ccccc2)[C@@H]2CC[C@H]1O2. The van der Waals surface area contributed by atoms with E-state index < -0.39 is 12.1 Å². The molecule has 3 rings (SSSR count). The van der Waals surface area contributed by atoms with Gasteiger partial charge in [0.1, 0.15) is 0 Å². The first-order valence-corrected chi connectivity index (χ1v) is 11.6. The molecular formula is C23H32O4S. The number of unbranched alkanes of at least 4 members (excludes halogenated alkanes) is 1. The number of carboxylic acids is 1. The molecule has 2 heterocycles. The number of benzene rings is 1. The number of thioether (sulfide) groups is 1. The summed E-state index contributed by atoms with van der Waals surface area (Å²) in [6.07, 6.45) is 11.1. The lowest BCUT2D eigenvalue weighted by Gasteiger charge is -2.27. The smallest absolute Gasteiger partial charge is 0.303 e. The maximum Gasteiger partial charge on any atom is 0.303 e. The first kappa shape index (κ1) is 21.4. The van der Waals surface area contributed by atoms with Crippen LogP contribution in [0.4, 0.5) is 0 Å². The van der Waals surface area contributed by atoms with E-state index in [0.29, 0.717) is 30.5 Å². The molecule has 5 heteroatoms. The van der Waals surface area contributed by atoms with Crippen LogP contribution in [0.2, 0.25) is 0 Å². The summed E-state index contributed by atoms with van der Waals surface area (Å²) >= 11 is 1.83. The number of aliphatic hydroxyl groups excluding tert-OH is 1. The molecule has 2 fully saturated rings. The van der Waals surface area contributed by atoms with Crippen LogP contribution in [-0.4, -0.2) is 39.9 Å². The molecule has 4 nitrogen and oxygen atoms in total. The van der Waals surface area contributed by atoms with Crippen molar-refractivity contribution in [3.05, 3.63) is 48.0 Å². The molecule has 2 N–H and O–H groups in total. The van der Waals surface area contributed by atoms with Crippen LogP contribution in [0.5, 0.6) is 0 Å². The van der Waals surface area contributed by atoms with Crippen molar-refractivity contribution in [2.24, 2.45) is 11.8 Å². The Morgan fingerprint density at radius 2 is 1.93 bits per heavy atom. The lowest BCUT2D eigenvalue weighted by Crippen LogP contribution is -2.27. The fourth-order valence-electron chi connectivity index (χ4n) is 4.53. The molecule has 0 amide bonds. The Kier molecular flexibility index (Phi) is 8.44. The third-order valence-corrected chi connectivity index (χ3v) is 7.06. The standard InChI is InChI=1S/C23H32O4S/c24-20(17-8-4-3-5-9-17)16-28-15-14-19-18(21-12-13-22(19)27-21)10-6-1-2-7-11-23(25)26/h1,3-6,8-9,18-22,24H,2,7,10-16H2,(H,25,26)/t18-,19-,20?,21-,22+/m1/s1. The highest BCUT2D eigenvalue weighted by atomic mass is 32.2. The molecule has 1 aromatic carbocycles. The Hall–Kier alpha value is -1.30. The van der Waals surface area contributed by atoms with Crippen LogP contribution in [0.15, 0.2) is 42.5 Å². The Balaban J connectivity index is 1.38. The van der Waals surface area contributed by atoms with E-state index in [1.54, 1.807) is 0 Å². The van der Waals surface area contributed by atoms with Crippen LogP contribution in [0.3, 0.4) is 0 Å². The van der Waals surface area contributed by atoms with Gasteiger partial charge in [-0.3, -0.25) is 4.79 Å². The molecular weight excluding hydrogens is 372 g/mol. The number of hydrogen-bond acceptors (Lipinski definition) is 4. The Morgan fingerprint density at radius 3 is 2.68 bits per heavy atom. The van der Waals surface area contributed by atoms with Gasteiger partial charge in [0.05, 0.1) is 18.3 Å². The van der Waals surface area contributed by atoms with Gasteiger partial charge in [-0.2, -0.15) is 11.8 Å². The predicted octanol–water partition coefficient (Wildman–Crippen LogP) is 4.84. The van der Waals surface area contributed by atoms with E-state index in [0.717, 1.165) is 36.3 Å². The lowest BCUT2D eigenvalue weighted by molar-refractivity contribution is -0.137. The number of allylic oxidation sites excluding steroid dienone is 2. The van der Waals surface area contributed by atoms with Gasteiger partial charge in [-0.15, -0.1) is 0 Å². The van der Waals surface area contributed by atoms with Gasteiger partial charge in [-0.05, 0) is 61.7 Å². The summed E-state index contributed by atoms with van der Waals surface area (Å²) in [5, 5.41) is 19.0. The molecule has 2 aliphatic rings. The Bertz CT molecular complexity index is 633. The molecule has 0 saturated carbocycles. The van der Waals surface area contributed by atoms with Crippen molar-refractivity contribution < 1.29 is 19.7 Å². The van der Waals surface area contributed by atoms with Crippen LogP contribution in [-0.2, 0) is 9.53 Å². The van der Waals surface area contributed by atoms with Gasteiger partial charge in [-0.1, -0.05) is 42.5 Å². The number of aliphatic hydroxyl groups is 1. The van der Waals surface area contributed by atoms with Gasteiger partial charge in [0.2, 0.25) is 0 Å². The number of fused-ring (bicyclic) bond motifs is 2. The van der Waals surface area contributed by atoms with Gasteiger partial charge in [-0.25, -0.2) is 0 Å². The summed E-state index contributed by atoms with van der Waals surface area (Å²) in [5.74, 6) is 2.28. The highest BCUT2D eigenvalue weighted by Crippen LogP contribution is 2.47. The number of carboxylic acid groups (broad SMARTS) is 1. The summed E-state index contributed by atoms with van der Waals surface area (Å²) in [7, 11) is 0. The van der Waals surface area contributed by atoms with Crippen LogP contribution < -0.4 is 0 Å². The third-order valence-electron chi connectivity index (χ3n) is 5.98.